The average molecular weight is 291 g/mol. The van der Waals surface area contributed by atoms with Gasteiger partial charge in [-0.05, 0) is 13.0 Å². The molecule has 3 rings (SSSR count). The number of hydrogen-bond acceptors (Lipinski definition) is 6. The van der Waals surface area contributed by atoms with Crippen LogP contribution in [0.4, 0.5) is 5.82 Å². The number of piperazine rings is 1. The van der Waals surface area contributed by atoms with Crippen LogP contribution in [0.1, 0.15) is 4.88 Å². The van der Waals surface area contributed by atoms with Gasteiger partial charge in [0.2, 0.25) is 5.91 Å². The lowest BCUT2D eigenvalue weighted by molar-refractivity contribution is -0.122. The number of fused-ring (bicyclic) bond motifs is 1. The molecule has 1 amide bonds. The summed E-state index contributed by atoms with van der Waals surface area (Å²) in [7, 11) is 1.67. The monoisotopic (exact) mass is 291 g/mol. The van der Waals surface area contributed by atoms with E-state index in [1.807, 2.05) is 0 Å². The van der Waals surface area contributed by atoms with E-state index in [1.54, 1.807) is 24.7 Å². The van der Waals surface area contributed by atoms with Crippen LogP contribution in [0, 0.1) is 6.92 Å². The number of anilines is 1. The second-order valence-electron chi connectivity index (χ2n) is 4.80. The molecule has 20 heavy (non-hydrogen) atoms. The van der Waals surface area contributed by atoms with Gasteiger partial charge in [0.05, 0.1) is 5.39 Å². The van der Waals surface area contributed by atoms with E-state index >= 15 is 0 Å². The van der Waals surface area contributed by atoms with E-state index < -0.39 is 0 Å². The molecule has 0 radical (unpaired) electrons. The van der Waals surface area contributed by atoms with Crippen molar-refractivity contribution in [2.75, 3.05) is 31.6 Å². The number of nitrogens with one attached hydrogen (secondary N) is 2. The molecule has 2 aromatic heterocycles. The van der Waals surface area contributed by atoms with Crippen LogP contribution >= 0.6 is 11.3 Å². The first kappa shape index (κ1) is 13.3. The maximum absolute atomic E-state index is 12.1. The van der Waals surface area contributed by atoms with Gasteiger partial charge < -0.3 is 15.5 Å². The van der Waals surface area contributed by atoms with Gasteiger partial charge in [0, 0.05) is 31.6 Å². The molecule has 6 nitrogen and oxygen atoms in total. The molecule has 2 N–H and O–H groups in total. The summed E-state index contributed by atoms with van der Waals surface area (Å²) in [6, 6.07) is 1.87. The molecule has 3 heterocycles. The van der Waals surface area contributed by atoms with E-state index in [9.17, 15) is 4.79 Å². The van der Waals surface area contributed by atoms with Gasteiger partial charge in [0.25, 0.3) is 0 Å². The minimum atomic E-state index is -0.230. The molecule has 106 valence electrons. The summed E-state index contributed by atoms with van der Waals surface area (Å²) in [4.78, 5) is 25.0. The van der Waals surface area contributed by atoms with Gasteiger partial charge in [-0.3, -0.25) is 4.79 Å². The molecule has 0 saturated carbocycles. The van der Waals surface area contributed by atoms with E-state index in [0.717, 1.165) is 29.1 Å². The summed E-state index contributed by atoms with van der Waals surface area (Å²) >= 11 is 1.65. The Kier molecular flexibility index (Phi) is 3.54. The molecule has 0 aliphatic carbocycles. The van der Waals surface area contributed by atoms with Crippen LogP contribution in [0.25, 0.3) is 10.2 Å². The van der Waals surface area contributed by atoms with Crippen molar-refractivity contribution in [1.29, 1.82) is 0 Å². The molecular weight excluding hydrogens is 274 g/mol. The largest absolute Gasteiger partial charge is 0.357 e. The Morgan fingerprint density at radius 1 is 1.55 bits per heavy atom. The standard InChI is InChI=1S/C13H17N5OS/c1-8-5-9-11(16-7-17-13(9)20-8)18-4-3-15-6-10(18)12(19)14-2/h5,7,10,15H,3-4,6H2,1-2H3,(H,14,19). The fraction of sp³-hybridized carbons (Fsp3) is 0.462. The number of thiophene rings is 1. The highest BCUT2D eigenvalue weighted by molar-refractivity contribution is 7.18. The van der Waals surface area contributed by atoms with Crippen molar-refractivity contribution in [1.82, 2.24) is 20.6 Å². The van der Waals surface area contributed by atoms with E-state index in [4.69, 9.17) is 0 Å². The van der Waals surface area contributed by atoms with Crippen molar-refractivity contribution in [3.8, 4) is 0 Å². The number of carbonyl (C=O) groups is 1. The Hall–Kier alpha value is -1.73. The van der Waals surface area contributed by atoms with E-state index in [-0.39, 0.29) is 11.9 Å². The van der Waals surface area contributed by atoms with Crippen LogP contribution in [0.3, 0.4) is 0 Å². The van der Waals surface area contributed by atoms with Crippen LogP contribution < -0.4 is 15.5 Å². The third-order valence-electron chi connectivity index (χ3n) is 3.50. The second kappa shape index (κ2) is 5.34. The number of carbonyl (C=O) groups excluding carboxylic acids is 1. The maximum atomic E-state index is 12.1. The van der Waals surface area contributed by atoms with Gasteiger partial charge in [-0.25, -0.2) is 9.97 Å². The molecule has 1 aliphatic heterocycles. The summed E-state index contributed by atoms with van der Waals surface area (Å²) in [6.07, 6.45) is 1.58. The lowest BCUT2D eigenvalue weighted by atomic mass is 10.1. The zero-order valence-electron chi connectivity index (χ0n) is 11.5. The van der Waals surface area contributed by atoms with Crippen molar-refractivity contribution in [2.24, 2.45) is 0 Å². The molecule has 1 unspecified atom stereocenters. The zero-order chi connectivity index (χ0) is 14.1. The Balaban J connectivity index is 2.05. The lowest BCUT2D eigenvalue weighted by Gasteiger charge is -2.35. The molecule has 7 heteroatoms. The van der Waals surface area contributed by atoms with Crippen molar-refractivity contribution in [2.45, 2.75) is 13.0 Å². The van der Waals surface area contributed by atoms with E-state index in [0.29, 0.717) is 6.54 Å². The minimum Gasteiger partial charge on any atom is -0.357 e. The third-order valence-corrected chi connectivity index (χ3v) is 4.45. The molecule has 1 aliphatic rings. The highest BCUT2D eigenvalue weighted by atomic mass is 32.1. The topological polar surface area (TPSA) is 70.2 Å². The van der Waals surface area contributed by atoms with Crippen LogP contribution in [-0.4, -0.2) is 48.6 Å². The fourth-order valence-electron chi connectivity index (χ4n) is 2.55. The summed E-state index contributed by atoms with van der Waals surface area (Å²) in [5, 5.41) is 7.02. The number of amides is 1. The van der Waals surface area contributed by atoms with Gasteiger partial charge in [-0.1, -0.05) is 0 Å². The molecule has 0 bridgehead atoms. The molecule has 2 aromatic rings. The van der Waals surface area contributed by atoms with Crippen LogP contribution in [0.2, 0.25) is 0 Å². The van der Waals surface area contributed by atoms with Crippen molar-refractivity contribution in [3.63, 3.8) is 0 Å². The van der Waals surface area contributed by atoms with Gasteiger partial charge in [-0.15, -0.1) is 11.3 Å². The summed E-state index contributed by atoms with van der Waals surface area (Å²) in [5.41, 5.74) is 0. The summed E-state index contributed by atoms with van der Waals surface area (Å²) < 4.78 is 0. The number of aromatic nitrogens is 2. The van der Waals surface area contributed by atoms with Crippen LogP contribution in [-0.2, 0) is 4.79 Å². The number of hydrogen-bond donors (Lipinski definition) is 2. The molecule has 0 aromatic carbocycles. The third kappa shape index (κ3) is 2.23. The average Bonchev–Trinajstić information content (AvgIpc) is 2.86. The maximum Gasteiger partial charge on any atom is 0.243 e. The Morgan fingerprint density at radius 3 is 3.20 bits per heavy atom. The van der Waals surface area contributed by atoms with Crippen molar-refractivity contribution >= 4 is 33.3 Å². The van der Waals surface area contributed by atoms with Gasteiger partial charge >= 0.3 is 0 Å². The van der Waals surface area contributed by atoms with Crippen LogP contribution in [0.15, 0.2) is 12.4 Å². The van der Waals surface area contributed by atoms with Crippen LogP contribution in [0.5, 0.6) is 0 Å². The van der Waals surface area contributed by atoms with Gasteiger partial charge in [0.15, 0.2) is 0 Å². The fourth-order valence-corrected chi connectivity index (χ4v) is 3.39. The van der Waals surface area contributed by atoms with Gasteiger partial charge in [-0.2, -0.15) is 0 Å². The van der Waals surface area contributed by atoms with E-state index in [1.165, 1.54) is 4.88 Å². The first-order valence-electron chi connectivity index (χ1n) is 6.61. The predicted molar refractivity (Wildman–Crippen MR) is 80.2 cm³/mol. The Labute approximate surface area is 121 Å². The Bertz CT molecular complexity index is 641. The molecule has 1 atom stereocenters. The molecular formula is C13H17N5OS. The highest BCUT2D eigenvalue weighted by Crippen LogP contribution is 2.30. The van der Waals surface area contributed by atoms with Crippen molar-refractivity contribution < 1.29 is 4.79 Å². The van der Waals surface area contributed by atoms with Crippen molar-refractivity contribution in [3.05, 3.63) is 17.3 Å². The summed E-state index contributed by atoms with van der Waals surface area (Å²) in [5.74, 6) is 0.866. The quantitative estimate of drug-likeness (QED) is 0.844. The number of likely N-dealkylation sites (N-methyl/N-ethyl adjacent to an activating group) is 1. The first-order chi connectivity index (χ1) is 9.70. The summed E-state index contributed by atoms with van der Waals surface area (Å²) in [6.45, 7) is 4.31. The lowest BCUT2D eigenvalue weighted by Crippen LogP contribution is -2.58. The SMILES string of the molecule is CNC(=O)C1CNCCN1c1ncnc2sc(C)cc12. The second-order valence-corrected chi connectivity index (χ2v) is 6.04. The molecule has 0 spiro atoms. The Morgan fingerprint density at radius 2 is 2.40 bits per heavy atom. The van der Waals surface area contributed by atoms with E-state index in [2.05, 4.69) is 38.5 Å². The number of nitrogens with zero attached hydrogens (tertiary/aromatic N) is 3. The van der Waals surface area contributed by atoms with Gasteiger partial charge in [0.1, 0.15) is 23.0 Å². The highest BCUT2D eigenvalue weighted by Gasteiger charge is 2.30. The molecule has 1 saturated heterocycles. The smallest absolute Gasteiger partial charge is 0.243 e. The normalized spacial score (nSPS) is 19.3. The minimum absolute atomic E-state index is 0.0101. The predicted octanol–water partition coefficient (Wildman–Crippen LogP) is 0.524. The number of aryl methyl sites for hydroxylation is 1. The molecule has 1 fully saturated rings. The number of rotatable bonds is 2. The first-order valence-corrected chi connectivity index (χ1v) is 7.42. The zero-order valence-corrected chi connectivity index (χ0v) is 12.3.